The van der Waals surface area contributed by atoms with Crippen molar-refractivity contribution in [3.05, 3.63) is 59.7 Å². The molecule has 0 aromatic heterocycles. The molecule has 0 radical (unpaired) electrons. The molecule has 6 atom stereocenters. The summed E-state index contributed by atoms with van der Waals surface area (Å²) < 4.78 is 10.1. The van der Waals surface area contributed by atoms with Crippen LogP contribution < -0.4 is 9.47 Å². The van der Waals surface area contributed by atoms with Crippen LogP contribution in [0.15, 0.2) is 48.5 Å². The zero-order valence-corrected chi connectivity index (χ0v) is 22.7. The van der Waals surface area contributed by atoms with E-state index in [1.807, 2.05) is 36.4 Å². The highest BCUT2D eigenvalue weighted by Gasteiger charge is 2.55. The van der Waals surface area contributed by atoms with Crippen LogP contribution in [-0.4, -0.2) is 35.0 Å². The van der Waals surface area contributed by atoms with E-state index in [2.05, 4.69) is 18.0 Å². The van der Waals surface area contributed by atoms with Crippen molar-refractivity contribution in [2.45, 2.75) is 56.5 Å². The Labute approximate surface area is 217 Å². The molecule has 5 rings (SSSR count). The van der Waals surface area contributed by atoms with Gasteiger partial charge in [0.25, 0.3) is 0 Å². The normalized spacial score (nSPS) is 28.1. The first kappa shape index (κ1) is 26.2. The van der Waals surface area contributed by atoms with Crippen molar-refractivity contribution in [3.8, 4) is 11.5 Å². The van der Waals surface area contributed by atoms with Gasteiger partial charge < -0.3 is 9.47 Å². The standard InChI is InChI=1S/C16H16O3.C13H20OS2/c1-12(17)19-16-9-5-14(6-10-16)11-13-3-7-15(18-2)8-4-13;1-7(14)16-9-5-10-8-3-12(11(10)6-9)13(4-8)15-2/h3-10H,11H2,1-2H3;8-13H,3-6H2,1-2H3. The number of thioether (sulfide) groups is 2. The smallest absolute Gasteiger partial charge is 0.308 e. The van der Waals surface area contributed by atoms with E-state index < -0.39 is 0 Å². The number of carbonyl (C=O) groups excluding carboxylic acids is 2. The number of rotatable bonds is 6. The first-order valence-electron chi connectivity index (χ1n) is 12.5. The third kappa shape index (κ3) is 6.65. The molecular formula is C29H36O4S2. The van der Waals surface area contributed by atoms with E-state index >= 15 is 0 Å². The molecule has 3 aliphatic carbocycles. The topological polar surface area (TPSA) is 52.6 Å². The zero-order valence-electron chi connectivity index (χ0n) is 21.1. The van der Waals surface area contributed by atoms with Crippen LogP contribution in [0.3, 0.4) is 0 Å². The summed E-state index contributed by atoms with van der Waals surface area (Å²) in [5.74, 6) is 5.06. The Morgan fingerprint density at radius 1 is 0.829 bits per heavy atom. The molecule has 3 saturated carbocycles. The Balaban J connectivity index is 0.000000167. The van der Waals surface area contributed by atoms with Crippen LogP contribution in [0.25, 0.3) is 0 Å². The van der Waals surface area contributed by atoms with Gasteiger partial charge in [0.05, 0.1) is 7.11 Å². The quantitative estimate of drug-likeness (QED) is 0.319. The summed E-state index contributed by atoms with van der Waals surface area (Å²) in [4.78, 5) is 22.0. The Morgan fingerprint density at radius 3 is 1.97 bits per heavy atom. The van der Waals surface area contributed by atoms with E-state index in [9.17, 15) is 9.59 Å². The van der Waals surface area contributed by atoms with E-state index in [-0.39, 0.29) is 5.97 Å². The lowest BCUT2D eigenvalue weighted by atomic mass is 9.81. The molecule has 0 aliphatic heterocycles. The number of fused-ring (bicyclic) bond motifs is 5. The van der Waals surface area contributed by atoms with Crippen molar-refractivity contribution >= 4 is 34.6 Å². The van der Waals surface area contributed by atoms with Gasteiger partial charge in [-0.15, -0.1) is 0 Å². The molecule has 2 bridgehead atoms. The molecule has 188 valence electrons. The van der Waals surface area contributed by atoms with Crippen molar-refractivity contribution in [1.82, 2.24) is 0 Å². The van der Waals surface area contributed by atoms with E-state index in [1.165, 1.54) is 43.7 Å². The van der Waals surface area contributed by atoms with Crippen LogP contribution in [0.2, 0.25) is 0 Å². The largest absolute Gasteiger partial charge is 0.497 e. The second-order valence-electron chi connectivity index (χ2n) is 9.96. The maximum Gasteiger partial charge on any atom is 0.308 e. The van der Waals surface area contributed by atoms with Crippen molar-refractivity contribution in [3.63, 3.8) is 0 Å². The zero-order chi connectivity index (χ0) is 24.9. The fourth-order valence-corrected chi connectivity index (χ4v) is 8.59. The molecule has 0 spiro atoms. The molecule has 2 aromatic carbocycles. The van der Waals surface area contributed by atoms with Crippen LogP contribution >= 0.6 is 23.5 Å². The summed E-state index contributed by atoms with van der Waals surface area (Å²) >= 11 is 3.70. The van der Waals surface area contributed by atoms with Gasteiger partial charge in [-0.25, -0.2) is 0 Å². The average Bonchev–Trinajstić information content (AvgIpc) is 3.52. The van der Waals surface area contributed by atoms with Gasteiger partial charge >= 0.3 is 5.97 Å². The number of hydrogen-bond donors (Lipinski definition) is 0. The second-order valence-corrected chi connectivity index (χ2v) is 12.5. The first-order chi connectivity index (χ1) is 16.9. The molecular weight excluding hydrogens is 476 g/mol. The predicted molar refractivity (Wildman–Crippen MR) is 145 cm³/mol. The van der Waals surface area contributed by atoms with Gasteiger partial charge in [0.1, 0.15) is 11.5 Å². The average molecular weight is 513 g/mol. The molecule has 2 aromatic rings. The highest BCUT2D eigenvalue weighted by atomic mass is 32.2. The summed E-state index contributed by atoms with van der Waals surface area (Å²) in [6.45, 7) is 3.11. The summed E-state index contributed by atoms with van der Waals surface area (Å²) in [5.41, 5.74) is 2.38. The number of hydrogen-bond acceptors (Lipinski definition) is 6. The highest BCUT2D eigenvalue weighted by molar-refractivity contribution is 8.14. The lowest BCUT2D eigenvalue weighted by Gasteiger charge is -2.30. The van der Waals surface area contributed by atoms with Gasteiger partial charge in [0, 0.05) is 24.3 Å². The number of ether oxygens (including phenoxy) is 2. The van der Waals surface area contributed by atoms with Crippen LogP contribution in [0.1, 0.15) is 50.7 Å². The van der Waals surface area contributed by atoms with Crippen molar-refractivity contribution in [2.24, 2.45) is 23.7 Å². The van der Waals surface area contributed by atoms with Gasteiger partial charge in [-0.1, -0.05) is 36.0 Å². The molecule has 0 N–H and O–H groups in total. The Morgan fingerprint density at radius 2 is 1.43 bits per heavy atom. The fraction of sp³-hybridized carbons (Fsp3) is 0.517. The monoisotopic (exact) mass is 512 g/mol. The Kier molecular flexibility index (Phi) is 8.87. The SMILES string of the molecule is COc1ccc(Cc2ccc(OC(C)=O)cc2)cc1.CSC1CC2CC1C1CC(SC(C)=O)CC21. The molecule has 3 aliphatic rings. The molecule has 6 heteroatoms. The van der Waals surface area contributed by atoms with Gasteiger partial charge in [0.2, 0.25) is 0 Å². The van der Waals surface area contributed by atoms with Crippen molar-refractivity contribution in [1.29, 1.82) is 0 Å². The molecule has 0 amide bonds. The third-order valence-corrected chi connectivity index (χ3v) is 9.95. The van der Waals surface area contributed by atoms with E-state index in [0.717, 1.165) is 41.1 Å². The molecule has 4 nitrogen and oxygen atoms in total. The summed E-state index contributed by atoms with van der Waals surface area (Å²) in [6.07, 6.45) is 8.73. The Bertz CT molecular complexity index is 1000. The second kappa shape index (κ2) is 11.9. The maximum absolute atomic E-state index is 11.2. The molecule has 0 heterocycles. The van der Waals surface area contributed by atoms with E-state index in [0.29, 0.717) is 16.1 Å². The number of esters is 1. The molecule has 6 unspecified atom stereocenters. The van der Waals surface area contributed by atoms with Crippen molar-refractivity contribution < 1.29 is 19.1 Å². The molecule has 0 saturated heterocycles. The predicted octanol–water partition coefficient (Wildman–Crippen LogP) is 6.64. The molecule has 3 fully saturated rings. The third-order valence-electron chi connectivity index (χ3n) is 7.75. The minimum atomic E-state index is -0.303. The highest BCUT2D eigenvalue weighted by Crippen LogP contribution is 2.62. The minimum absolute atomic E-state index is 0.303. The summed E-state index contributed by atoms with van der Waals surface area (Å²) in [6, 6.07) is 15.5. The van der Waals surface area contributed by atoms with Crippen LogP contribution in [0, 0.1) is 23.7 Å². The van der Waals surface area contributed by atoms with E-state index in [1.54, 1.807) is 37.9 Å². The van der Waals surface area contributed by atoms with Crippen molar-refractivity contribution in [2.75, 3.05) is 13.4 Å². The van der Waals surface area contributed by atoms with E-state index in [4.69, 9.17) is 9.47 Å². The summed E-state index contributed by atoms with van der Waals surface area (Å²) in [7, 11) is 1.66. The van der Waals surface area contributed by atoms with Gasteiger partial charge in [-0.3, -0.25) is 9.59 Å². The molecule has 35 heavy (non-hydrogen) atoms. The first-order valence-corrected chi connectivity index (χ1v) is 14.6. The van der Waals surface area contributed by atoms with Crippen LogP contribution in [-0.2, 0) is 16.0 Å². The number of methoxy groups -OCH3 is 1. The summed E-state index contributed by atoms with van der Waals surface area (Å²) in [5, 5.41) is 1.91. The Hall–Kier alpha value is -1.92. The lowest BCUT2D eigenvalue weighted by Crippen LogP contribution is -2.25. The van der Waals surface area contributed by atoms with Gasteiger partial charge in [-0.05, 0) is 97.4 Å². The number of carbonyl (C=O) groups is 2. The van der Waals surface area contributed by atoms with Gasteiger partial charge in [0.15, 0.2) is 5.12 Å². The number of benzene rings is 2. The minimum Gasteiger partial charge on any atom is -0.497 e. The van der Waals surface area contributed by atoms with Gasteiger partial charge in [-0.2, -0.15) is 11.8 Å². The lowest BCUT2D eigenvalue weighted by molar-refractivity contribution is -0.131. The fourth-order valence-electron chi connectivity index (χ4n) is 6.38. The maximum atomic E-state index is 11.2. The van der Waals surface area contributed by atoms with Crippen LogP contribution in [0.4, 0.5) is 0 Å². The van der Waals surface area contributed by atoms with Crippen LogP contribution in [0.5, 0.6) is 11.5 Å².